The van der Waals surface area contributed by atoms with Crippen molar-refractivity contribution in [3.05, 3.63) is 64.7 Å². The van der Waals surface area contributed by atoms with E-state index in [0.717, 1.165) is 5.75 Å². The van der Waals surface area contributed by atoms with Crippen LogP contribution in [0.4, 0.5) is 0 Å². The monoisotopic (exact) mass is 226 g/mol. The SMILES string of the molecule is Cc1ccc(COc2ccc(C)cc2C)cc1. The maximum absolute atomic E-state index is 5.82. The maximum Gasteiger partial charge on any atom is 0.122 e. The average Bonchev–Trinajstić information content (AvgIpc) is 2.30. The quantitative estimate of drug-likeness (QED) is 0.762. The lowest BCUT2D eigenvalue weighted by molar-refractivity contribution is 0.304. The summed E-state index contributed by atoms with van der Waals surface area (Å²) in [5.74, 6) is 0.969. The van der Waals surface area contributed by atoms with E-state index < -0.39 is 0 Å². The Morgan fingerprint density at radius 2 is 1.47 bits per heavy atom. The molecule has 2 aromatic rings. The van der Waals surface area contributed by atoms with Gasteiger partial charge in [-0.3, -0.25) is 0 Å². The zero-order chi connectivity index (χ0) is 12.3. The minimum absolute atomic E-state index is 0.629. The first-order valence-electron chi connectivity index (χ1n) is 5.91. The van der Waals surface area contributed by atoms with E-state index in [1.807, 2.05) is 6.07 Å². The molecular formula is C16H18O. The Kier molecular flexibility index (Phi) is 3.48. The molecule has 0 aliphatic heterocycles. The molecule has 0 N–H and O–H groups in total. The van der Waals surface area contributed by atoms with E-state index in [9.17, 15) is 0 Å². The van der Waals surface area contributed by atoms with Crippen LogP contribution in [0.1, 0.15) is 22.3 Å². The van der Waals surface area contributed by atoms with E-state index in [4.69, 9.17) is 4.74 Å². The molecule has 0 radical (unpaired) electrons. The number of hydrogen-bond acceptors (Lipinski definition) is 1. The van der Waals surface area contributed by atoms with Gasteiger partial charge in [0.2, 0.25) is 0 Å². The van der Waals surface area contributed by atoms with Gasteiger partial charge in [0.25, 0.3) is 0 Å². The van der Waals surface area contributed by atoms with Gasteiger partial charge in [0.15, 0.2) is 0 Å². The third kappa shape index (κ3) is 3.10. The molecule has 0 heterocycles. The second-order valence-corrected chi connectivity index (χ2v) is 4.54. The summed E-state index contributed by atoms with van der Waals surface area (Å²) in [4.78, 5) is 0. The third-order valence-corrected chi connectivity index (χ3v) is 2.85. The molecule has 0 spiro atoms. The Hall–Kier alpha value is -1.76. The minimum atomic E-state index is 0.629. The van der Waals surface area contributed by atoms with Crippen LogP contribution in [-0.2, 0) is 6.61 Å². The lowest BCUT2D eigenvalue weighted by atomic mass is 10.1. The van der Waals surface area contributed by atoms with Crippen LogP contribution in [0.3, 0.4) is 0 Å². The molecule has 88 valence electrons. The third-order valence-electron chi connectivity index (χ3n) is 2.85. The van der Waals surface area contributed by atoms with Crippen LogP contribution in [0.15, 0.2) is 42.5 Å². The normalized spacial score (nSPS) is 10.3. The van der Waals surface area contributed by atoms with Gasteiger partial charge < -0.3 is 4.74 Å². The maximum atomic E-state index is 5.82. The Labute approximate surface area is 103 Å². The number of benzene rings is 2. The van der Waals surface area contributed by atoms with Crippen molar-refractivity contribution < 1.29 is 4.74 Å². The van der Waals surface area contributed by atoms with Gasteiger partial charge in [-0.15, -0.1) is 0 Å². The second-order valence-electron chi connectivity index (χ2n) is 4.54. The topological polar surface area (TPSA) is 9.23 Å². The van der Waals surface area contributed by atoms with E-state index in [1.54, 1.807) is 0 Å². The van der Waals surface area contributed by atoms with Crippen LogP contribution >= 0.6 is 0 Å². The first kappa shape index (κ1) is 11.7. The van der Waals surface area contributed by atoms with E-state index in [2.05, 4.69) is 57.2 Å². The van der Waals surface area contributed by atoms with E-state index >= 15 is 0 Å². The predicted molar refractivity (Wildman–Crippen MR) is 71.4 cm³/mol. The summed E-state index contributed by atoms with van der Waals surface area (Å²) in [5, 5.41) is 0. The molecule has 1 heteroatoms. The van der Waals surface area contributed by atoms with E-state index in [1.165, 1.54) is 22.3 Å². The van der Waals surface area contributed by atoms with Gasteiger partial charge in [-0.2, -0.15) is 0 Å². The van der Waals surface area contributed by atoms with Crippen molar-refractivity contribution in [3.63, 3.8) is 0 Å². The van der Waals surface area contributed by atoms with Crippen molar-refractivity contribution >= 4 is 0 Å². The van der Waals surface area contributed by atoms with Crippen LogP contribution in [-0.4, -0.2) is 0 Å². The van der Waals surface area contributed by atoms with Crippen LogP contribution < -0.4 is 4.74 Å². The lowest BCUT2D eigenvalue weighted by Crippen LogP contribution is -1.97. The summed E-state index contributed by atoms with van der Waals surface area (Å²) in [6.07, 6.45) is 0. The van der Waals surface area contributed by atoms with Gasteiger partial charge in [-0.25, -0.2) is 0 Å². The molecule has 0 fully saturated rings. The number of rotatable bonds is 3. The summed E-state index contributed by atoms with van der Waals surface area (Å²) in [6.45, 7) is 6.90. The second kappa shape index (κ2) is 5.05. The molecular weight excluding hydrogens is 208 g/mol. The lowest BCUT2D eigenvalue weighted by Gasteiger charge is -2.09. The molecule has 2 aromatic carbocycles. The highest BCUT2D eigenvalue weighted by Gasteiger charge is 2.00. The summed E-state index contributed by atoms with van der Waals surface area (Å²) >= 11 is 0. The van der Waals surface area contributed by atoms with Gasteiger partial charge in [0, 0.05) is 0 Å². The first-order chi connectivity index (χ1) is 8.15. The molecule has 1 nitrogen and oxygen atoms in total. The Morgan fingerprint density at radius 3 is 2.12 bits per heavy atom. The fraction of sp³-hybridized carbons (Fsp3) is 0.250. The Morgan fingerprint density at radius 1 is 0.824 bits per heavy atom. The highest BCUT2D eigenvalue weighted by Crippen LogP contribution is 2.20. The average molecular weight is 226 g/mol. The summed E-state index contributed by atoms with van der Waals surface area (Å²) < 4.78 is 5.82. The molecule has 0 aliphatic rings. The van der Waals surface area contributed by atoms with E-state index in [0.29, 0.717) is 6.61 Å². The summed E-state index contributed by atoms with van der Waals surface area (Å²) in [5.41, 5.74) is 4.94. The molecule has 0 aliphatic carbocycles. The number of hydrogen-bond donors (Lipinski definition) is 0. The molecule has 0 unspecified atom stereocenters. The molecule has 0 amide bonds. The molecule has 2 rings (SSSR count). The van der Waals surface area contributed by atoms with Gasteiger partial charge >= 0.3 is 0 Å². The highest BCUT2D eigenvalue weighted by molar-refractivity contribution is 5.35. The molecule has 17 heavy (non-hydrogen) atoms. The summed E-state index contributed by atoms with van der Waals surface area (Å²) in [7, 11) is 0. The molecule has 0 atom stereocenters. The zero-order valence-corrected chi connectivity index (χ0v) is 10.7. The molecule has 0 aromatic heterocycles. The molecule has 0 saturated carbocycles. The van der Waals surface area contributed by atoms with Crippen molar-refractivity contribution in [2.75, 3.05) is 0 Å². The van der Waals surface area contributed by atoms with Crippen LogP contribution in [0.2, 0.25) is 0 Å². The molecule has 0 saturated heterocycles. The van der Waals surface area contributed by atoms with Crippen molar-refractivity contribution in [2.24, 2.45) is 0 Å². The Balaban J connectivity index is 2.04. The zero-order valence-electron chi connectivity index (χ0n) is 10.7. The number of aryl methyl sites for hydroxylation is 3. The number of ether oxygens (including phenoxy) is 1. The standard InChI is InChI=1S/C16H18O/c1-12-4-7-15(8-5-12)11-17-16-9-6-13(2)10-14(16)3/h4-10H,11H2,1-3H3. The van der Waals surface area contributed by atoms with Gasteiger partial charge in [-0.05, 0) is 38.0 Å². The summed E-state index contributed by atoms with van der Waals surface area (Å²) in [6, 6.07) is 14.7. The van der Waals surface area contributed by atoms with E-state index in [-0.39, 0.29) is 0 Å². The largest absolute Gasteiger partial charge is 0.489 e. The van der Waals surface area contributed by atoms with Crippen LogP contribution in [0.25, 0.3) is 0 Å². The van der Waals surface area contributed by atoms with Crippen LogP contribution in [0, 0.1) is 20.8 Å². The van der Waals surface area contributed by atoms with Crippen LogP contribution in [0.5, 0.6) is 5.75 Å². The fourth-order valence-corrected chi connectivity index (χ4v) is 1.81. The van der Waals surface area contributed by atoms with Crippen molar-refractivity contribution in [1.29, 1.82) is 0 Å². The smallest absolute Gasteiger partial charge is 0.122 e. The minimum Gasteiger partial charge on any atom is -0.489 e. The van der Waals surface area contributed by atoms with Crippen molar-refractivity contribution in [1.82, 2.24) is 0 Å². The van der Waals surface area contributed by atoms with Gasteiger partial charge in [-0.1, -0.05) is 47.5 Å². The van der Waals surface area contributed by atoms with Crippen molar-refractivity contribution in [2.45, 2.75) is 27.4 Å². The highest BCUT2D eigenvalue weighted by atomic mass is 16.5. The van der Waals surface area contributed by atoms with Gasteiger partial charge in [0.05, 0.1) is 0 Å². The Bertz CT molecular complexity index is 497. The predicted octanol–water partition coefficient (Wildman–Crippen LogP) is 4.19. The molecule has 0 bridgehead atoms. The van der Waals surface area contributed by atoms with Gasteiger partial charge in [0.1, 0.15) is 12.4 Å². The fourth-order valence-electron chi connectivity index (χ4n) is 1.81. The van der Waals surface area contributed by atoms with Crippen molar-refractivity contribution in [3.8, 4) is 5.75 Å². The first-order valence-corrected chi connectivity index (χ1v) is 5.91.